The molecule has 162 valence electrons. The number of amides is 1. The smallest absolute Gasteiger partial charge is 0.261 e. The minimum atomic E-state index is -3.95. The SMILES string of the molecule is O=C(Nc1nc(-c2ccc(F)cc2)cs1)c1cccc(NS(=O)(=O)c2ccc(F)cc2)c1. The highest BCUT2D eigenvalue weighted by Gasteiger charge is 2.16. The van der Waals surface area contributed by atoms with Crippen LogP contribution in [0.4, 0.5) is 19.6 Å². The summed E-state index contributed by atoms with van der Waals surface area (Å²) in [5.74, 6) is -1.38. The molecule has 0 unspecified atom stereocenters. The van der Waals surface area contributed by atoms with Gasteiger partial charge in [-0.15, -0.1) is 11.3 Å². The van der Waals surface area contributed by atoms with Crippen molar-refractivity contribution in [2.45, 2.75) is 4.90 Å². The first-order chi connectivity index (χ1) is 15.3. The van der Waals surface area contributed by atoms with Crippen molar-refractivity contribution >= 4 is 38.1 Å². The van der Waals surface area contributed by atoms with Crippen LogP contribution in [-0.4, -0.2) is 19.3 Å². The predicted molar refractivity (Wildman–Crippen MR) is 119 cm³/mol. The topological polar surface area (TPSA) is 88.2 Å². The number of aromatic nitrogens is 1. The molecule has 0 bridgehead atoms. The van der Waals surface area contributed by atoms with Crippen LogP contribution >= 0.6 is 11.3 Å². The molecule has 0 radical (unpaired) electrons. The number of carbonyl (C=O) groups excluding carboxylic acids is 1. The lowest BCUT2D eigenvalue weighted by Crippen LogP contribution is -2.15. The molecule has 2 N–H and O–H groups in total. The number of rotatable bonds is 6. The Hall–Kier alpha value is -3.63. The fourth-order valence-corrected chi connectivity index (χ4v) is 4.57. The maximum Gasteiger partial charge on any atom is 0.261 e. The Labute approximate surface area is 186 Å². The lowest BCUT2D eigenvalue weighted by atomic mass is 10.2. The Morgan fingerprint density at radius 3 is 2.25 bits per heavy atom. The quantitative estimate of drug-likeness (QED) is 0.408. The van der Waals surface area contributed by atoms with Gasteiger partial charge in [-0.3, -0.25) is 14.8 Å². The fraction of sp³-hybridized carbons (Fsp3) is 0. The molecule has 0 spiro atoms. The number of benzene rings is 3. The molecule has 10 heteroatoms. The maximum atomic E-state index is 13.1. The zero-order valence-corrected chi connectivity index (χ0v) is 17.9. The van der Waals surface area contributed by atoms with Crippen LogP contribution in [0, 0.1) is 11.6 Å². The predicted octanol–water partition coefficient (Wildman–Crippen LogP) is 5.14. The van der Waals surface area contributed by atoms with Gasteiger partial charge in [0.1, 0.15) is 11.6 Å². The van der Waals surface area contributed by atoms with Crippen molar-refractivity contribution in [3.05, 3.63) is 95.4 Å². The highest BCUT2D eigenvalue weighted by molar-refractivity contribution is 7.92. The molecular formula is C22H15F2N3O3S2. The number of thiazole rings is 1. The molecule has 4 rings (SSSR count). The van der Waals surface area contributed by atoms with Crippen LogP contribution in [0.1, 0.15) is 10.4 Å². The zero-order chi connectivity index (χ0) is 22.7. The highest BCUT2D eigenvalue weighted by Crippen LogP contribution is 2.26. The van der Waals surface area contributed by atoms with E-state index in [-0.39, 0.29) is 22.0 Å². The van der Waals surface area contributed by atoms with Gasteiger partial charge in [-0.05, 0) is 66.7 Å². The second kappa shape index (κ2) is 8.85. The number of sulfonamides is 1. The maximum absolute atomic E-state index is 13.1. The van der Waals surface area contributed by atoms with Crippen molar-refractivity contribution in [1.29, 1.82) is 0 Å². The van der Waals surface area contributed by atoms with Gasteiger partial charge in [0.15, 0.2) is 5.13 Å². The summed E-state index contributed by atoms with van der Waals surface area (Å²) >= 11 is 1.21. The molecule has 4 aromatic rings. The van der Waals surface area contributed by atoms with Crippen molar-refractivity contribution in [3.63, 3.8) is 0 Å². The summed E-state index contributed by atoms with van der Waals surface area (Å²) in [4.78, 5) is 16.8. The molecule has 6 nitrogen and oxygen atoms in total. The number of nitrogens with zero attached hydrogens (tertiary/aromatic N) is 1. The highest BCUT2D eigenvalue weighted by atomic mass is 32.2. The van der Waals surface area contributed by atoms with Crippen molar-refractivity contribution in [1.82, 2.24) is 4.98 Å². The number of anilines is 2. The van der Waals surface area contributed by atoms with Crippen molar-refractivity contribution in [2.75, 3.05) is 10.0 Å². The van der Waals surface area contributed by atoms with Gasteiger partial charge < -0.3 is 0 Å². The van der Waals surface area contributed by atoms with Gasteiger partial charge in [-0.25, -0.2) is 22.2 Å². The Bertz CT molecular complexity index is 1370. The second-order valence-electron chi connectivity index (χ2n) is 6.64. The van der Waals surface area contributed by atoms with Crippen LogP contribution in [0.5, 0.6) is 0 Å². The molecule has 0 aliphatic carbocycles. The van der Waals surface area contributed by atoms with Crippen molar-refractivity contribution < 1.29 is 22.0 Å². The van der Waals surface area contributed by atoms with E-state index in [1.807, 2.05) is 0 Å². The average Bonchev–Trinajstić information content (AvgIpc) is 3.23. The summed E-state index contributed by atoms with van der Waals surface area (Å²) in [6.45, 7) is 0. The largest absolute Gasteiger partial charge is 0.298 e. The molecule has 0 saturated heterocycles. The van der Waals surface area contributed by atoms with Crippen LogP contribution in [0.2, 0.25) is 0 Å². The molecule has 0 fully saturated rings. The Morgan fingerprint density at radius 1 is 0.906 bits per heavy atom. The van der Waals surface area contributed by atoms with Crippen molar-refractivity contribution in [2.24, 2.45) is 0 Å². The third kappa shape index (κ3) is 4.98. The summed E-state index contributed by atoms with van der Waals surface area (Å²) in [5.41, 5.74) is 1.68. The number of hydrogen-bond acceptors (Lipinski definition) is 5. The van der Waals surface area contributed by atoms with E-state index in [1.54, 1.807) is 17.5 Å². The molecule has 0 atom stereocenters. The lowest BCUT2D eigenvalue weighted by Gasteiger charge is -2.09. The Kier molecular flexibility index (Phi) is 5.97. The first-order valence-electron chi connectivity index (χ1n) is 9.21. The lowest BCUT2D eigenvalue weighted by molar-refractivity contribution is 0.102. The van der Waals surface area contributed by atoms with Gasteiger partial charge in [-0.1, -0.05) is 6.07 Å². The minimum Gasteiger partial charge on any atom is -0.298 e. The Morgan fingerprint density at radius 2 is 1.56 bits per heavy atom. The third-order valence-corrected chi connectivity index (χ3v) is 6.52. The van der Waals surface area contributed by atoms with E-state index in [1.165, 1.54) is 47.7 Å². The Balaban J connectivity index is 1.48. The number of hydrogen-bond donors (Lipinski definition) is 2. The summed E-state index contributed by atoms with van der Waals surface area (Å²) in [5, 5.41) is 4.73. The molecule has 1 aromatic heterocycles. The number of carbonyl (C=O) groups is 1. The zero-order valence-electron chi connectivity index (χ0n) is 16.2. The second-order valence-corrected chi connectivity index (χ2v) is 9.18. The van der Waals surface area contributed by atoms with E-state index < -0.39 is 21.7 Å². The van der Waals surface area contributed by atoms with Crippen LogP contribution in [0.25, 0.3) is 11.3 Å². The third-order valence-electron chi connectivity index (χ3n) is 4.37. The summed E-state index contributed by atoms with van der Waals surface area (Å²) in [6.07, 6.45) is 0. The van der Waals surface area contributed by atoms with Crippen LogP contribution in [-0.2, 0) is 10.0 Å². The molecule has 1 heterocycles. The van der Waals surface area contributed by atoms with E-state index >= 15 is 0 Å². The van der Waals surface area contributed by atoms with Gasteiger partial charge in [0, 0.05) is 22.2 Å². The fourth-order valence-electron chi connectivity index (χ4n) is 2.81. The monoisotopic (exact) mass is 471 g/mol. The molecule has 0 aliphatic heterocycles. The molecule has 3 aromatic carbocycles. The van der Waals surface area contributed by atoms with Crippen molar-refractivity contribution in [3.8, 4) is 11.3 Å². The summed E-state index contributed by atoms with van der Waals surface area (Å²) < 4.78 is 53.5. The first kappa shape index (κ1) is 21.6. The minimum absolute atomic E-state index is 0.107. The summed E-state index contributed by atoms with van der Waals surface area (Å²) in [6, 6.07) is 16.2. The van der Waals surface area contributed by atoms with E-state index in [9.17, 15) is 22.0 Å². The van der Waals surface area contributed by atoms with Crippen LogP contribution in [0.3, 0.4) is 0 Å². The molecular weight excluding hydrogens is 456 g/mol. The normalized spacial score (nSPS) is 11.2. The van der Waals surface area contributed by atoms with Gasteiger partial charge in [-0.2, -0.15) is 0 Å². The van der Waals surface area contributed by atoms with Gasteiger partial charge in [0.2, 0.25) is 0 Å². The van der Waals surface area contributed by atoms with Gasteiger partial charge >= 0.3 is 0 Å². The van der Waals surface area contributed by atoms with E-state index in [4.69, 9.17) is 0 Å². The number of halogens is 2. The van der Waals surface area contributed by atoms with Gasteiger partial charge in [0.05, 0.1) is 10.6 Å². The average molecular weight is 472 g/mol. The molecule has 0 aliphatic rings. The van der Waals surface area contributed by atoms with E-state index in [0.717, 1.165) is 24.3 Å². The van der Waals surface area contributed by atoms with Crippen LogP contribution in [0.15, 0.2) is 83.1 Å². The van der Waals surface area contributed by atoms with Gasteiger partial charge in [0.25, 0.3) is 15.9 Å². The molecule has 32 heavy (non-hydrogen) atoms. The number of nitrogens with one attached hydrogen (secondary N) is 2. The standard InChI is InChI=1S/C22H15F2N3O3S2/c23-16-6-4-14(5-7-16)20-13-31-22(25-20)26-21(28)15-2-1-3-18(12-15)27-32(29,30)19-10-8-17(24)9-11-19/h1-13,27H,(H,25,26,28). The summed E-state index contributed by atoms with van der Waals surface area (Å²) in [7, 11) is -3.95. The first-order valence-corrected chi connectivity index (χ1v) is 11.6. The molecule has 1 amide bonds. The van der Waals surface area contributed by atoms with Crippen LogP contribution < -0.4 is 10.0 Å². The molecule has 0 saturated carbocycles. The van der Waals surface area contributed by atoms with E-state index in [0.29, 0.717) is 16.4 Å². The van der Waals surface area contributed by atoms with E-state index in [2.05, 4.69) is 15.0 Å².